The van der Waals surface area contributed by atoms with Crippen molar-refractivity contribution in [1.82, 2.24) is 19.7 Å². The minimum Gasteiger partial charge on any atom is -0.397 e. The van der Waals surface area contributed by atoms with E-state index in [2.05, 4.69) is 31.0 Å². The number of aryl methyl sites for hydroxylation is 1. The van der Waals surface area contributed by atoms with Gasteiger partial charge in [0.25, 0.3) is 5.82 Å². The molecular weight excluding hydrogens is 315 g/mol. The van der Waals surface area contributed by atoms with E-state index in [0.29, 0.717) is 10.3 Å². The predicted octanol–water partition coefficient (Wildman–Crippen LogP) is 2.33. The first-order valence-corrected chi connectivity index (χ1v) is 5.51. The van der Waals surface area contributed by atoms with Crippen molar-refractivity contribution in [2.24, 2.45) is 0 Å². The molecule has 0 fully saturated rings. The third kappa shape index (κ3) is 2.30. The molecule has 0 aliphatic heterocycles. The van der Waals surface area contributed by atoms with Crippen LogP contribution in [-0.2, 0) is 6.18 Å². The van der Waals surface area contributed by atoms with Gasteiger partial charge >= 0.3 is 6.18 Å². The largest absolute Gasteiger partial charge is 0.453 e. The molecule has 0 bridgehead atoms. The molecule has 0 saturated carbocycles. The summed E-state index contributed by atoms with van der Waals surface area (Å²) in [5, 5.41) is 3.38. The number of pyridine rings is 1. The smallest absolute Gasteiger partial charge is 0.397 e. The molecule has 0 amide bonds. The van der Waals surface area contributed by atoms with Gasteiger partial charge in [-0.25, -0.2) is 9.97 Å². The topological polar surface area (TPSA) is 69.6 Å². The molecule has 2 N–H and O–H groups in total. The van der Waals surface area contributed by atoms with E-state index in [1.165, 1.54) is 19.1 Å². The van der Waals surface area contributed by atoms with Crippen molar-refractivity contribution in [3.05, 3.63) is 28.4 Å². The van der Waals surface area contributed by atoms with Crippen LogP contribution < -0.4 is 5.73 Å². The lowest BCUT2D eigenvalue weighted by Crippen LogP contribution is -2.09. The molecule has 0 radical (unpaired) electrons. The van der Waals surface area contributed by atoms with Crippen LogP contribution in [0.2, 0.25) is 0 Å². The Kier molecular flexibility index (Phi) is 3.01. The minimum atomic E-state index is -4.58. The van der Waals surface area contributed by atoms with Gasteiger partial charge in [-0.15, -0.1) is 5.10 Å². The average Bonchev–Trinajstić information content (AvgIpc) is 2.64. The molecule has 0 saturated heterocycles. The van der Waals surface area contributed by atoms with Crippen molar-refractivity contribution in [2.45, 2.75) is 13.1 Å². The maximum Gasteiger partial charge on any atom is 0.453 e. The van der Waals surface area contributed by atoms with E-state index in [9.17, 15) is 13.2 Å². The van der Waals surface area contributed by atoms with Crippen LogP contribution in [0.25, 0.3) is 5.82 Å². The Morgan fingerprint density at radius 3 is 2.44 bits per heavy atom. The lowest BCUT2D eigenvalue weighted by molar-refractivity contribution is -0.144. The van der Waals surface area contributed by atoms with Crippen molar-refractivity contribution in [3.63, 3.8) is 0 Å². The molecule has 0 aliphatic carbocycles. The van der Waals surface area contributed by atoms with Crippen LogP contribution in [0.5, 0.6) is 0 Å². The van der Waals surface area contributed by atoms with Crippen molar-refractivity contribution in [1.29, 1.82) is 0 Å². The van der Waals surface area contributed by atoms with Gasteiger partial charge in [-0.1, -0.05) is 0 Å². The van der Waals surface area contributed by atoms with Gasteiger partial charge in [-0.3, -0.25) is 0 Å². The first-order chi connectivity index (χ1) is 8.29. The number of nitrogens with zero attached hydrogens (tertiary/aromatic N) is 4. The highest BCUT2D eigenvalue weighted by Gasteiger charge is 2.36. The van der Waals surface area contributed by atoms with Crippen LogP contribution in [0, 0.1) is 6.92 Å². The maximum atomic E-state index is 12.5. The van der Waals surface area contributed by atoms with Gasteiger partial charge < -0.3 is 5.73 Å². The molecule has 2 aromatic rings. The van der Waals surface area contributed by atoms with E-state index in [1.807, 2.05) is 0 Å². The van der Waals surface area contributed by atoms with E-state index >= 15 is 0 Å². The Morgan fingerprint density at radius 1 is 1.28 bits per heavy atom. The van der Waals surface area contributed by atoms with E-state index in [1.54, 1.807) is 0 Å². The van der Waals surface area contributed by atoms with Crippen LogP contribution in [-0.4, -0.2) is 19.7 Å². The zero-order valence-corrected chi connectivity index (χ0v) is 10.6. The summed E-state index contributed by atoms with van der Waals surface area (Å²) < 4.78 is 38.7. The fourth-order valence-electron chi connectivity index (χ4n) is 1.28. The van der Waals surface area contributed by atoms with Gasteiger partial charge in [0.2, 0.25) is 0 Å². The zero-order valence-electron chi connectivity index (χ0n) is 9.03. The van der Waals surface area contributed by atoms with Crippen molar-refractivity contribution in [2.75, 3.05) is 5.73 Å². The third-order valence-electron chi connectivity index (χ3n) is 2.10. The quantitative estimate of drug-likeness (QED) is 0.818. The molecule has 0 unspecified atom stereocenters. The zero-order chi connectivity index (χ0) is 13.5. The summed E-state index contributed by atoms with van der Waals surface area (Å²) in [6.45, 7) is 1.41. The number of nitrogens with two attached hydrogens (primary N) is 1. The molecule has 18 heavy (non-hydrogen) atoms. The summed E-state index contributed by atoms with van der Waals surface area (Å²) >= 11 is 3.09. The van der Waals surface area contributed by atoms with E-state index in [-0.39, 0.29) is 11.6 Å². The number of nitrogen functional groups attached to an aromatic ring is 1. The Morgan fingerprint density at radius 2 is 1.94 bits per heavy atom. The number of hydrogen-bond donors (Lipinski definition) is 1. The van der Waals surface area contributed by atoms with Crippen molar-refractivity contribution >= 4 is 21.6 Å². The van der Waals surface area contributed by atoms with Gasteiger partial charge in [0, 0.05) is 0 Å². The molecule has 0 aliphatic rings. The van der Waals surface area contributed by atoms with E-state index in [0.717, 1.165) is 4.68 Å². The summed E-state index contributed by atoms with van der Waals surface area (Å²) in [6.07, 6.45) is -4.58. The lowest BCUT2D eigenvalue weighted by atomic mass is 10.4. The highest BCUT2D eigenvalue weighted by Crippen LogP contribution is 2.27. The summed E-state index contributed by atoms with van der Waals surface area (Å²) in [5.74, 6) is -0.905. The Bertz CT molecular complexity index is 592. The van der Waals surface area contributed by atoms with Gasteiger partial charge in [-0.2, -0.15) is 17.9 Å². The molecule has 2 rings (SSSR count). The lowest BCUT2D eigenvalue weighted by Gasteiger charge is -2.04. The minimum absolute atomic E-state index is 0.0893. The number of aromatic nitrogens is 4. The number of rotatable bonds is 1. The first kappa shape index (κ1) is 12.8. The maximum absolute atomic E-state index is 12.5. The SMILES string of the molecule is Cc1nc(C(F)(F)F)nn1-c1ccc(N)c(Br)n1. The molecule has 2 aromatic heterocycles. The molecule has 2 heterocycles. The Labute approximate surface area is 108 Å². The summed E-state index contributed by atoms with van der Waals surface area (Å²) in [6, 6.07) is 2.97. The van der Waals surface area contributed by atoms with Crippen LogP contribution in [0.1, 0.15) is 11.6 Å². The molecule has 5 nitrogen and oxygen atoms in total. The molecule has 9 heteroatoms. The number of hydrogen-bond acceptors (Lipinski definition) is 4. The normalized spacial score (nSPS) is 11.8. The van der Waals surface area contributed by atoms with E-state index < -0.39 is 12.0 Å². The molecule has 96 valence electrons. The highest BCUT2D eigenvalue weighted by atomic mass is 79.9. The van der Waals surface area contributed by atoms with Crippen LogP contribution >= 0.6 is 15.9 Å². The summed E-state index contributed by atoms with van der Waals surface area (Å²) in [7, 11) is 0. The second-order valence-electron chi connectivity index (χ2n) is 3.44. The first-order valence-electron chi connectivity index (χ1n) is 4.72. The van der Waals surface area contributed by atoms with Gasteiger partial charge in [0.1, 0.15) is 10.4 Å². The second-order valence-corrected chi connectivity index (χ2v) is 4.19. The second kappa shape index (κ2) is 4.23. The van der Waals surface area contributed by atoms with Crippen molar-refractivity contribution in [3.8, 4) is 5.82 Å². The monoisotopic (exact) mass is 321 g/mol. The molecule has 0 aromatic carbocycles. The molecular formula is C9H7BrF3N5. The fraction of sp³-hybridized carbons (Fsp3) is 0.222. The Balaban J connectivity index is 2.51. The highest BCUT2D eigenvalue weighted by molar-refractivity contribution is 9.10. The predicted molar refractivity (Wildman–Crippen MR) is 61.0 cm³/mol. The molecule has 0 spiro atoms. The Hall–Kier alpha value is -1.64. The van der Waals surface area contributed by atoms with Crippen LogP contribution in [0.3, 0.4) is 0 Å². The number of anilines is 1. The summed E-state index contributed by atoms with van der Waals surface area (Å²) in [4.78, 5) is 7.33. The number of halogens is 4. The molecule has 0 atom stereocenters. The summed E-state index contributed by atoms with van der Waals surface area (Å²) in [5.41, 5.74) is 5.93. The fourth-order valence-corrected chi connectivity index (χ4v) is 1.59. The van der Waals surface area contributed by atoms with Crippen LogP contribution in [0.4, 0.5) is 18.9 Å². The standard InChI is InChI=1S/C9H7BrF3N5/c1-4-15-8(9(11,12)13)17-18(4)6-3-2-5(14)7(10)16-6/h2-3H,14H2,1H3. The number of alkyl halides is 3. The van der Waals surface area contributed by atoms with Crippen LogP contribution in [0.15, 0.2) is 16.7 Å². The third-order valence-corrected chi connectivity index (χ3v) is 2.74. The van der Waals surface area contributed by atoms with E-state index in [4.69, 9.17) is 5.73 Å². The van der Waals surface area contributed by atoms with Gasteiger partial charge in [0.15, 0.2) is 5.82 Å². The van der Waals surface area contributed by atoms with Gasteiger partial charge in [0.05, 0.1) is 5.69 Å². The van der Waals surface area contributed by atoms with Gasteiger partial charge in [-0.05, 0) is 35.0 Å². The average molecular weight is 322 g/mol. The van der Waals surface area contributed by atoms with Crippen molar-refractivity contribution < 1.29 is 13.2 Å².